The van der Waals surface area contributed by atoms with Gasteiger partial charge in [-0.05, 0) is 24.6 Å². The van der Waals surface area contributed by atoms with Gasteiger partial charge in [0.25, 0.3) is 0 Å². The zero-order chi connectivity index (χ0) is 14.5. The highest BCUT2D eigenvalue weighted by molar-refractivity contribution is 5.89. The summed E-state index contributed by atoms with van der Waals surface area (Å²) in [6, 6.07) is 7.22. The maximum atomic E-state index is 12.0. The number of carbonyl (C=O) groups excluding carboxylic acids is 1. The lowest BCUT2D eigenvalue weighted by atomic mass is 10.2. The van der Waals surface area contributed by atoms with Crippen molar-refractivity contribution in [2.45, 2.75) is 20.0 Å². The fraction of sp³-hybridized carbons (Fsp3) is 0.308. The molecule has 2 amide bonds. The van der Waals surface area contributed by atoms with E-state index in [0.717, 1.165) is 17.1 Å². The van der Waals surface area contributed by atoms with Gasteiger partial charge in [-0.25, -0.2) is 9.78 Å². The van der Waals surface area contributed by atoms with Gasteiger partial charge in [0, 0.05) is 19.3 Å². The SMILES string of the molecule is Cc1nc(CN(C)C(=O)Nc2cccc(CN)c2)n[nH]1. The first kappa shape index (κ1) is 14.0. The number of H-pyrrole nitrogens is 1. The summed E-state index contributed by atoms with van der Waals surface area (Å²) in [6.45, 7) is 2.59. The topological polar surface area (TPSA) is 99.9 Å². The molecular formula is C13H18N6O. The van der Waals surface area contributed by atoms with Crippen molar-refractivity contribution < 1.29 is 4.79 Å². The number of aryl methyl sites for hydroxylation is 1. The predicted molar refractivity (Wildman–Crippen MR) is 75.9 cm³/mol. The molecule has 0 saturated carbocycles. The lowest BCUT2D eigenvalue weighted by molar-refractivity contribution is 0.219. The highest BCUT2D eigenvalue weighted by Crippen LogP contribution is 2.11. The third-order valence-electron chi connectivity index (χ3n) is 2.78. The number of anilines is 1. The normalized spacial score (nSPS) is 10.3. The first-order valence-electron chi connectivity index (χ1n) is 6.27. The van der Waals surface area contributed by atoms with Gasteiger partial charge in [-0.15, -0.1) is 0 Å². The molecule has 0 atom stereocenters. The molecule has 1 heterocycles. The maximum Gasteiger partial charge on any atom is 0.321 e. The van der Waals surface area contributed by atoms with Crippen molar-refractivity contribution in [2.75, 3.05) is 12.4 Å². The van der Waals surface area contributed by atoms with E-state index >= 15 is 0 Å². The molecule has 2 rings (SSSR count). The van der Waals surface area contributed by atoms with Crippen LogP contribution in [-0.4, -0.2) is 33.2 Å². The Kier molecular flexibility index (Phi) is 4.31. The molecule has 0 radical (unpaired) electrons. The number of hydrogen-bond donors (Lipinski definition) is 3. The number of nitrogens with two attached hydrogens (primary N) is 1. The smallest absolute Gasteiger partial charge is 0.321 e. The molecule has 7 nitrogen and oxygen atoms in total. The number of aromatic nitrogens is 3. The van der Waals surface area contributed by atoms with Crippen LogP contribution in [-0.2, 0) is 13.1 Å². The lowest BCUT2D eigenvalue weighted by Gasteiger charge is -2.16. The highest BCUT2D eigenvalue weighted by atomic mass is 16.2. The summed E-state index contributed by atoms with van der Waals surface area (Å²) in [6.07, 6.45) is 0. The van der Waals surface area contributed by atoms with E-state index < -0.39 is 0 Å². The van der Waals surface area contributed by atoms with Gasteiger partial charge in [0.2, 0.25) is 0 Å². The zero-order valence-corrected chi connectivity index (χ0v) is 11.6. The molecular weight excluding hydrogens is 256 g/mol. The summed E-state index contributed by atoms with van der Waals surface area (Å²) >= 11 is 0. The Labute approximate surface area is 117 Å². The van der Waals surface area contributed by atoms with Crippen LogP contribution in [0.3, 0.4) is 0 Å². The minimum Gasteiger partial charge on any atom is -0.326 e. The number of urea groups is 1. The molecule has 0 aliphatic rings. The van der Waals surface area contributed by atoms with Crippen LogP contribution in [0.15, 0.2) is 24.3 Å². The average Bonchev–Trinajstić information content (AvgIpc) is 2.84. The summed E-state index contributed by atoms with van der Waals surface area (Å²) in [7, 11) is 1.69. The Bertz CT molecular complexity index is 594. The summed E-state index contributed by atoms with van der Waals surface area (Å²) in [5.74, 6) is 1.31. The van der Waals surface area contributed by atoms with E-state index in [-0.39, 0.29) is 6.03 Å². The standard InChI is InChI=1S/C13H18N6O/c1-9-15-12(18-17-9)8-19(2)13(20)16-11-5-3-4-10(6-11)7-14/h3-6H,7-8,14H2,1-2H3,(H,16,20)(H,15,17,18). The van der Waals surface area contributed by atoms with E-state index in [1.54, 1.807) is 7.05 Å². The number of rotatable bonds is 4. The van der Waals surface area contributed by atoms with E-state index in [1.807, 2.05) is 31.2 Å². The Morgan fingerprint density at radius 3 is 2.95 bits per heavy atom. The quantitative estimate of drug-likeness (QED) is 0.780. The Morgan fingerprint density at radius 2 is 2.30 bits per heavy atom. The first-order chi connectivity index (χ1) is 9.58. The highest BCUT2D eigenvalue weighted by Gasteiger charge is 2.11. The van der Waals surface area contributed by atoms with E-state index in [1.165, 1.54) is 4.90 Å². The monoisotopic (exact) mass is 274 g/mol. The molecule has 0 spiro atoms. The third kappa shape index (κ3) is 3.55. The van der Waals surface area contributed by atoms with Crippen LogP contribution in [0.5, 0.6) is 0 Å². The molecule has 0 bridgehead atoms. The minimum absolute atomic E-state index is 0.221. The number of nitrogens with one attached hydrogen (secondary N) is 2. The molecule has 0 aliphatic heterocycles. The van der Waals surface area contributed by atoms with Crippen molar-refractivity contribution in [1.82, 2.24) is 20.1 Å². The van der Waals surface area contributed by atoms with Gasteiger partial charge in [0.15, 0.2) is 5.82 Å². The molecule has 4 N–H and O–H groups in total. The number of benzene rings is 1. The van der Waals surface area contributed by atoms with Gasteiger partial charge in [0.05, 0.1) is 6.54 Å². The van der Waals surface area contributed by atoms with Gasteiger partial charge < -0.3 is 16.0 Å². The van der Waals surface area contributed by atoms with E-state index in [9.17, 15) is 4.79 Å². The summed E-state index contributed by atoms with van der Waals surface area (Å²) in [5, 5.41) is 9.55. The third-order valence-corrected chi connectivity index (χ3v) is 2.78. The van der Waals surface area contributed by atoms with Crippen LogP contribution in [0.25, 0.3) is 0 Å². The maximum absolute atomic E-state index is 12.0. The van der Waals surface area contributed by atoms with E-state index in [4.69, 9.17) is 5.73 Å². The molecule has 7 heteroatoms. The van der Waals surface area contributed by atoms with Crippen molar-refractivity contribution >= 4 is 11.7 Å². The Morgan fingerprint density at radius 1 is 1.50 bits per heavy atom. The van der Waals surface area contributed by atoms with Gasteiger partial charge in [-0.1, -0.05) is 12.1 Å². The summed E-state index contributed by atoms with van der Waals surface area (Å²) in [5.41, 5.74) is 7.26. The average molecular weight is 274 g/mol. The second kappa shape index (κ2) is 6.16. The van der Waals surface area contributed by atoms with Crippen molar-refractivity contribution in [3.8, 4) is 0 Å². The van der Waals surface area contributed by atoms with E-state index in [2.05, 4.69) is 20.5 Å². The van der Waals surface area contributed by atoms with Gasteiger partial charge in [-0.3, -0.25) is 5.10 Å². The van der Waals surface area contributed by atoms with Crippen LogP contribution in [0, 0.1) is 6.92 Å². The fourth-order valence-electron chi connectivity index (χ4n) is 1.74. The van der Waals surface area contributed by atoms with Crippen molar-refractivity contribution in [2.24, 2.45) is 5.73 Å². The molecule has 0 fully saturated rings. The molecule has 0 unspecified atom stereocenters. The van der Waals surface area contributed by atoms with Crippen LogP contribution >= 0.6 is 0 Å². The second-order valence-electron chi connectivity index (χ2n) is 4.53. The van der Waals surface area contributed by atoms with Crippen molar-refractivity contribution in [3.63, 3.8) is 0 Å². The molecule has 0 saturated heterocycles. The molecule has 1 aromatic carbocycles. The minimum atomic E-state index is -0.221. The Hall–Kier alpha value is -2.41. The fourth-order valence-corrected chi connectivity index (χ4v) is 1.74. The molecule has 0 aliphatic carbocycles. The lowest BCUT2D eigenvalue weighted by Crippen LogP contribution is -2.31. The van der Waals surface area contributed by atoms with Crippen LogP contribution in [0.2, 0.25) is 0 Å². The van der Waals surface area contributed by atoms with Gasteiger partial charge in [0.1, 0.15) is 5.82 Å². The summed E-state index contributed by atoms with van der Waals surface area (Å²) < 4.78 is 0. The molecule has 106 valence electrons. The molecule has 1 aromatic heterocycles. The van der Waals surface area contributed by atoms with Crippen LogP contribution in [0.1, 0.15) is 17.2 Å². The number of aromatic amines is 1. The van der Waals surface area contributed by atoms with Crippen LogP contribution < -0.4 is 11.1 Å². The summed E-state index contributed by atoms with van der Waals surface area (Å²) in [4.78, 5) is 17.7. The largest absolute Gasteiger partial charge is 0.326 e. The molecule has 20 heavy (non-hydrogen) atoms. The zero-order valence-electron chi connectivity index (χ0n) is 11.6. The number of nitrogens with zero attached hydrogens (tertiary/aromatic N) is 3. The number of hydrogen-bond acceptors (Lipinski definition) is 4. The van der Waals surface area contributed by atoms with Crippen molar-refractivity contribution in [1.29, 1.82) is 0 Å². The predicted octanol–water partition coefficient (Wildman–Crippen LogP) is 1.24. The van der Waals surface area contributed by atoms with Gasteiger partial charge in [-0.2, -0.15) is 5.10 Å². The molecule has 2 aromatic rings. The Balaban J connectivity index is 1.96. The first-order valence-corrected chi connectivity index (χ1v) is 6.27. The van der Waals surface area contributed by atoms with Crippen LogP contribution in [0.4, 0.5) is 10.5 Å². The number of amides is 2. The van der Waals surface area contributed by atoms with Gasteiger partial charge >= 0.3 is 6.03 Å². The van der Waals surface area contributed by atoms with Crippen molar-refractivity contribution in [3.05, 3.63) is 41.5 Å². The second-order valence-corrected chi connectivity index (χ2v) is 4.53. The van der Waals surface area contributed by atoms with E-state index in [0.29, 0.717) is 18.9 Å². The number of carbonyl (C=O) groups is 1.